The van der Waals surface area contributed by atoms with Gasteiger partial charge < -0.3 is 0 Å². The Morgan fingerprint density at radius 2 is 1.95 bits per heavy atom. The van der Waals surface area contributed by atoms with Crippen molar-refractivity contribution in [1.82, 2.24) is 9.80 Å². The van der Waals surface area contributed by atoms with Gasteiger partial charge in [-0.3, -0.25) is 19.3 Å². The van der Waals surface area contributed by atoms with Crippen molar-refractivity contribution in [2.75, 3.05) is 6.54 Å². The number of ketones is 1. The molecule has 1 aromatic rings. The third kappa shape index (κ3) is 2.18. The van der Waals surface area contributed by atoms with E-state index in [0.29, 0.717) is 4.88 Å². The molecule has 3 rings (SSSR count). The van der Waals surface area contributed by atoms with Gasteiger partial charge in [-0.15, -0.1) is 11.3 Å². The van der Waals surface area contributed by atoms with Gasteiger partial charge in [0.05, 0.1) is 15.2 Å². The number of urea groups is 1. The molecule has 20 heavy (non-hydrogen) atoms. The van der Waals surface area contributed by atoms with Crippen molar-refractivity contribution in [3.63, 3.8) is 0 Å². The van der Waals surface area contributed by atoms with Crippen LogP contribution >= 0.6 is 27.3 Å². The number of halogens is 1. The van der Waals surface area contributed by atoms with Crippen LogP contribution in [0.2, 0.25) is 0 Å². The summed E-state index contributed by atoms with van der Waals surface area (Å²) in [6.07, 6.45) is 1.45. The molecule has 1 saturated carbocycles. The standard InChI is InChI=1S/C12H9BrN2O4S/c13-9-4-3-8(20-9)7(16)5-14-10(17)11(18)15(12(14)19)6-1-2-6/h3-4,6H,1-2,5H2. The van der Waals surface area contributed by atoms with E-state index in [9.17, 15) is 19.2 Å². The Kier molecular flexibility index (Phi) is 3.21. The molecule has 4 amide bonds. The number of carbonyl (C=O) groups is 4. The van der Waals surface area contributed by atoms with Crippen LogP contribution in [-0.2, 0) is 9.59 Å². The van der Waals surface area contributed by atoms with Crippen LogP contribution in [0.5, 0.6) is 0 Å². The van der Waals surface area contributed by atoms with Crippen molar-refractivity contribution in [3.05, 3.63) is 20.8 Å². The molecule has 8 heteroatoms. The van der Waals surface area contributed by atoms with Gasteiger partial charge in [0.2, 0.25) is 0 Å². The third-order valence-electron chi connectivity index (χ3n) is 3.15. The van der Waals surface area contributed by atoms with E-state index < -0.39 is 17.8 Å². The fourth-order valence-corrected chi connectivity index (χ4v) is 3.32. The highest BCUT2D eigenvalue weighted by atomic mass is 79.9. The summed E-state index contributed by atoms with van der Waals surface area (Å²) in [4.78, 5) is 49.7. The van der Waals surface area contributed by atoms with E-state index in [2.05, 4.69) is 15.9 Å². The van der Waals surface area contributed by atoms with Gasteiger partial charge in [-0.1, -0.05) is 0 Å². The van der Waals surface area contributed by atoms with Crippen molar-refractivity contribution in [3.8, 4) is 0 Å². The van der Waals surface area contributed by atoms with Crippen molar-refractivity contribution in [1.29, 1.82) is 0 Å². The zero-order chi connectivity index (χ0) is 14.4. The van der Waals surface area contributed by atoms with Gasteiger partial charge >= 0.3 is 17.8 Å². The minimum atomic E-state index is -0.911. The highest BCUT2D eigenvalue weighted by Crippen LogP contribution is 2.31. The summed E-state index contributed by atoms with van der Waals surface area (Å²) in [7, 11) is 0. The van der Waals surface area contributed by atoms with Crippen LogP contribution in [0.1, 0.15) is 22.5 Å². The lowest BCUT2D eigenvalue weighted by molar-refractivity contribution is -0.143. The average molecular weight is 357 g/mol. The van der Waals surface area contributed by atoms with Gasteiger partial charge in [-0.2, -0.15) is 0 Å². The second-order valence-corrected chi connectivity index (χ2v) is 7.07. The first kappa shape index (κ1) is 13.4. The summed E-state index contributed by atoms with van der Waals surface area (Å²) in [5.74, 6) is -2.09. The third-order valence-corrected chi connectivity index (χ3v) is 4.81. The van der Waals surface area contributed by atoms with E-state index in [1.54, 1.807) is 12.1 Å². The van der Waals surface area contributed by atoms with Crippen LogP contribution in [-0.4, -0.2) is 46.0 Å². The summed E-state index contributed by atoms with van der Waals surface area (Å²) < 4.78 is 0.788. The molecule has 0 bridgehead atoms. The number of Topliss-reactive ketones (excluding diaryl/α,β-unsaturated/α-hetero) is 1. The van der Waals surface area contributed by atoms with Gasteiger partial charge in [0.15, 0.2) is 5.78 Å². The fraction of sp³-hybridized carbons (Fsp3) is 0.333. The summed E-state index contributed by atoms with van der Waals surface area (Å²) in [6, 6.07) is 2.48. The van der Waals surface area contributed by atoms with E-state index in [-0.39, 0.29) is 18.4 Å². The zero-order valence-corrected chi connectivity index (χ0v) is 12.6. The van der Waals surface area contributed by atoms with Crippen LogP contribution in [0.25, 0.3) is 0 Å². The number of thiophene rings is 1. The topological polar surface area (TPSA) is 74.8 Å². The Bertz CT molecular complexity index is 637. The molecule has 1 aromatic heterocycles. The highest BCUT2D eigenvalue weighted by Gasteiger charge is 2.51. The molecule has 104 valence electrons. The summed E-state index contributed by atoms with van der Waals surface area (Å²) in [5, 5.41) is 0. The molecule has 6 nitrogen and oxygen atoms in total. The van der Waals surface area contributed by atoms with Gasteiger partial charge in [-0.05, 0) is 40.9 Å². The lowest BCUT2D eigenvalue weighted by Gasteiger charge is -2.13. The highest BCUT2D eigenvalue weighted by molar-refractivity contribution is 9.11. The number of rotatable bonds is 4. The monoisotopic (exact) mass is 356 g/mol. The molecule has 2 fully saturated rings. The van der Waals surface area contributed by atoms with E-state index in [1.807, 2.05) is 0 Å². The average Bonchev–Trinajstić information content (AvgIpc) is 3.10. The molecule has 1 aliphatic carbocycles. The second kappa shape index (κ2) is 4.78. The lowest BCUT2D eigenvalue weighted by atomic mass is 10.3. The first-order chi connectivity index (χ1) is 9.49. The van der Waals surface area contributed by atoms with Gasteiger partial charge in [0, 0.05) is 6.04 Å². The predicted molar refractivity (Wildman–Crippen MR) is 73.3 cm³/mol. The van der Waals surface area contributed by atoms with Gasteiger partial charge in [0.1, 0.15) is 0 Å². The summed E-state index contributed by atoms with van der Waals surface area (Å²) >= 11 is 4.46. The molecule has 1 aliphatic heterocycles. The van der Waals surface area contributed by atoms with Crippen molar-refractivity contribution < 1.29 is 19.2 Å². The first-order valence-corrected chi connectivity index (χ1v) is 7.57. The maximum atomic E-state index is 12.0. The van der Waals surface area contributed by atoms with Crippen LogP contribution in [0.15, 0.2) is 15.9 Å². The summed E-state index contributed by atoms with van der Waals surface area (Å²) in [5.41, 5.74) is 0. The van der Waals surface area contributed by atoms with Crippen molar-refractivity contribution in [2.45, 2.75) is 18.9 Å². The maximum Gasteiger partial charge on any atom is 0.334 e. The fourth-order valence-electron chi connectivity index (χ4n) is 2.00. The molecule has 0 N–H and O–H groups in total. The van der Waals surface area contributed by atoms with E-state index in [1.165, 1.54) is 11.3 Å². The van der Waals surface area contributed by atoms with Crippen LogP contribution in [0.4, 0.5) is 4.79 Å². The van der Waals surface area contributed by atoms with E-state index in [4.69, 9.17) is 0 Å². The normalized spacial score (nSPS) is 19.1. The van der Waals surface area contributed by atoms with Gasteiger partial charge in [0.25, 0.3) is 0 Å². The number of nitrogens with zero attached hydrogens (tertiary/aromatic N) is 2. The zero-order valence-electron chi connectivity index (χ0n) is 10.2. The molecule has 0 atom stereocenters. The maximum absolute atomic E-state index is 12.0. The van der Waals surface area contributed by atoms with E-state index >= 15 is 0 Å². The molecule has 0 radical (unpaired) electrons. The molecule has 0 spiro atoms. The number of hydrogen-bond donors (Lipinski definition) is 0. The van der Waals surface area contributed by atoms with Crippen LogP contribution in [0.3, 0.4) is 0 Å². The Morgan fingerprint density at radius 3 is 2.50 bits per heavy atom. The smallest absolute Gasteiger partial charge is 0.291 e. The van der Waals surface area contributed by atoms with Crippen molar-refractivity contribution >= 4 is 50.9 Å². The molecule has 2 heterocycles. The first-order valence-electron chi connectivity index (χ1n) is 5.96. The molecule has 2 aliphatic rings. The number of amides is 4. The molecular formula is C12H9BrN2O4S. The Labute approximate surface area is 126 Å². The summed E-state index contributed by atoms with van der Waals surface area (Å²) in [6.45, 7) is -0.389. The van der Waals surface area contributed by atoms with Gasteiger partial charge in [-0.25, -0.2) is 9.69 Å². The lowest BCUT2D eigenvalue weighted by Crippen LogP contribution is -2.37. The minimum absolute atomic E-state index is 0.171. The number of carbonyl (C=O) groups excluding carboxylic acids is 4. The number of hydrogen-bond acceptors (Lipinski definition) is 5. The molecule has 1 saturated heterocycles. The molecular weight excluding hydrogens is 348 g/mol. The Balaban J connectivity index is 1.77. The predicted octanol–water partition coefficient (Wildman–Crippen LogP) is 1.65. The molecule has 0 aromatic carbocycles. The largest absolute Gasteiger partial charge is 0.334 e. The second-order valence-electron chi connectivity index (χ2n) is 4.61. The quantitative estimate of drug-likeness (QED) is 0.467. The Hall–Kier alpha value is -1.54. The molecule has 0 unspecified atom stereocenters. The SMILES string of the molecule is O=C(CN1C(=O)C(=O)N(C2CC2)C1=O)c1ccc(Br)s1. The Morgan fingerprint density at radius 1 is 1.25 bits per heavy atom. The van der Waals surface area contributed by atoms with Crippen molar-refractivity contribution in [2.24, 2.45) is 0 Å². The van der Waals surface area contributed by atoms with Crippen LogP contribution < -0.4 is 0 Å². The van der Waals surface area contributed by atoms with Crippen LogP contribution in [0, 0.1) is 0 Å². The number of imide groups is 2. The minimum Gasteiger partial charge on any atom is -0.291 e. The van der Waals surface area contributed by atoms with E-state index in [0.717, 1.165) is 26.4 Å².